The predicted molar refractivity (Wildman–Crippen MR) is 104 cm³/mol. The molecule has 3 N–H and O–H groups in total. The minimum absolute atomic E-state index is 0.160. The number of aromatic nitrogens is 2. The van der Waals surface area contributed by atoms with Gasteiger partial charge in [0.05, 0.1) is 37.6 Å². The number of carbonyl (C=O) groups is 2. The molecule has 2 rings (SSSR count). The first-order valence-electron chi connectivity index (χ1n) is 9.99. The number of nitrogens with one attached hydrogen (secondary N) is 2. The Hall–Kier alpha value is -2.67. The highest BCUT2D eigenvalue weighted by atomic mass is 19.4. The number of anilines is 2. The van der Waals surface area contributed by atoms with Crippen LogP contribution in [0.3, 0.4) is 0 Å². The highest BCUT2D eigenvalue weighted by molar-refractivity contribution is 5.80. The number of hydrogen-bond donors (Lipinski definition) is 3. The van der Waals surface area contributed by atoms with Gasteiger partial charge >= 0.3 is 6.18 Å². The zero-order valence-electron chi connectivity index (χ0n) is 17.2. The maximum atomic E-state index is 13.5. The smallest absolute Gasteiger partial charge is 0.378 e. The molecule has 31 heavy (non-hydrogen) atoms. The molecular weight excluding hydrogens is 421 g/mol. The third-order valence-electron chi connectivity index (χ3n) is 4.74. The van der Waals surface area contributed by atoms with E-state index in [0.29, 0.717) is 31.1 Å². The number of rotatable bonds is 11. The first-order valence-corrected chi connectivity index (χ1v) is 9.99. The van der Waals surface area contributed by atoms with E-state index in [1.807, 2.05) is 6.92 Å². The fourth-order valence-corrected chi connectivity index (χ4v) is 3.11. The number of hydrazine groups is 1. The number of halogens is 3. The summed E-state index contributed by atoms with van der Waals surface area (Å²) >= 11 is 0. The second kappa shape index (κ2) is 11.6. The standard InChI is InChI=1S/C18H27F3N6O4/c1-2-3-4-5-13(11-27(30)12-28)16(29)24-25-17-22-10-14(15(23-17)18(19,20)21)26-6-8-31-9-7-26/h10,12-13,30H,2-9,11H2,1H3,(H,24,29)(H,22,23,25)/t13-/m1/s1. The van der Waals surface area contributed by atoms with E-state index in [1.165, 1.54) is 4.90 Å². The maximum Gasteiger partial charge on any atom is 0.435 e. The van der Waals surface area contributed by atoms with Crippen molar-refractivity contribution in [2.75, 3.05) is 43.2 Å². The van der Waals surface area contributed by atoms with Crippen LogP contribution in [-0.2, 0) is 20.5 Å². The number of alkyl halides is 3. The number of carbonyl (C=O) groups excluding carboxylic acids is 2. The van der Waals surface area contributed by atoms with Gasteiger partial charge in [-0.2, -0.15) is 13.2 Å². The van der Waals surface area contributed by atoms with Crippen LogP contribution in [0, 0.1) is 5.92 Å². The molecule has 13 heteroatoms. The van der Waals surface area contributed by atoms with Gasteiger partial charge in [0.2, 0.25) is 18.3 Å². The van der Waals surface area contributed by atoms with E-state index in [4.69, 9.17) is 4.74 Å². The van der Waals surface area contributed by atoms with E-state index >= 15 is 0 Å². The molecule has 1 aliphatic rings. The summed E-state index contributed by atoms with van der Waals surface area (Å²) in [5, 5.41) is 9.75. The Labute approximate surface area is 177 Å². The second-order valence-corrected chi connectivity index (χ2v) is 7.06. The fraction of sp³-hybridized carbons (Fsp3) is 0.667. The van der Waals surface area contributed by atoms with Crippen LogP contribution in [0.1, 0.15) is 38.3 Å². The molecule has 0 aromatic carbocycles. The van der Waals surface area contributed by atoms with Gasteiger partial charge in [-0.1, -0.05) is 26.2 Å². The summed E-state index contributed by atoms with van der Waals surface area (Å²) < 4.78 is 45.8. The molecule has 2 amide bonds. The lowest BCUT2D eigenvalue weighted by Gasteiger charge is -2.30. The molecule has 1 aliphatic heterocycles. The van der Waals surface area contributed by atoms with Gasteiger partial charge in [0, 0.05) is 13.1 Å². The first-order chi connectivity index (χ1) is 14.8. The molecule has 1 fully saturated rings. The van der Waals surface area contributed by atoms with Crippen LogP contribution >= 0.6 is 0 Å². The molecule has 0 bridgehead atoms. The zero-order valence-corrected chi connectivity index (χ0v) is 17.2. The van der Waals surface area contributed by atoms with Crippen molar-refractivity contribution in [1.29, 1.82) is 0 Å². The summed E-state index contributed by atoms with van der Waals surface area (Å²) in [6.07, 6.45) is -0.660. The number of hydrogen-bond acceptors (Lipinski definition) is 8. The second-order valence-electron chi connectivity index (χ2n) is 7.06. The molecule has 1 saturated heterocycles. The number of ether oxygens (including phenoxy) is 1. The van der Waals surface area contributed by atoms with Crippen molar-refractivity contribution in [3.05, 3.63) is 11.9 Å². The molecule has 1 aromatic rings. The van der Waals surface area contributed by atoms with Gasteiger partial charge in [0.1, 0.15) is 0 Å². The van der Waals surface area contributed by atoms with Crippen LogP contribution in [0.4, 0.5) is 24.8 Å². The third-order valence-corrected chi connectivity index (χ3v) is 4.74. The third kappa shape index (κ3) is 7.51. The SMILES string of the molecule is CCCCC[C@H](CN(O)C=O)C(=O)NNc1ncc(N2CCOCC2)c(C(F)(F)F)n1. The van der Waals surface area contributed by atoms with E-state index in [2.05, 4.69) is 20.8 Å². The topological polar surface area (TPSA) is 120 Å². The lowest BCUT2D eigenvalue weighted by atomic mass is 10.0. The summed E-state index contributed by atoms with van der Waals surface area (Å²) in [6, 6.07) is 0. The Morgan fingerprint density at radius 1 is 1.39 bits per heavy atom. The van der Waals surface area contributed by atoms with Gasteiger partial charge in [-0.15, -0.1) is 0 Å². The lowest BCUT2D eigenvalue weighted by Crippen LogP contribution is -2.41. The van der Waals surface area contributed by atoms with Crippen molar-refractivity contribution in [1.82, 2.24) is 20.5 Å². The minimum Gasteiger partial charge on any atom is -0.378 e. The highest BCUT2D eigenvalue weighted by Gasteiger charge is 2.38. The molecule has 0 radical (unpaired) electrons. The number of hydroxylamine groups is 2. The summed E-state index contributed by atoms with van der Waals surface area (Å²) in [7, 11) is 0. The largest absolute Gasteiger partial charge is 0.435 e. The molecule has 0 aliphatic carbocycles. The van der Waals surface area contributed by atoms with Crippen molar-refractivity contribution in [2.45, 2.75) is 38.8 Å². The number of unbranched alkanes of at least 4 members (excludes halogenated alkanes) is 2. The van der Waals surface area contributed by atoms with Crippen LogP contribution < -0.4 is 15.8 Å². The average Bonchev–Trinajstić information content (AvgIpc) is 2.76. The number of morpholine rings is 1. The Bertz CT molecular complexity index is 731. The highest BCUT2D eigenvalue weighted by Crippen LogP contribution is 2.35. The summed E-state index contributed by atoms with van der Waals surface area (Å²) in [4.78, 5) is 32.0. The number of amides is 2. The van der Waals surface area contributed by atoms with E-state index in [1.54, 1.807) is 0 Å². The average molecular weight is 448 g/mol. The van der Waals surface area contributed by atoms with Crippen molar-refractivity contribution < 1.29 is 32.7 Å². The Balaban J connectivity index is 2.09. The normalized spacial score (nSPS) is 15.3. The van der Waals surface area contributed by atoms with E-state index in [-0.39, 0.29) is 31.7 Å². The molecule has 174 valence electrons. The maximum absolute atomic E-state index is 13.5. The Kier molecular flexibility index (Phi) is 9.24. The van der Waals surface area contributed by atoms with E-state index in [0.717, 1.165) is 19.0 Å². The fourth-order valence-electron chi connectivity index (χ4n) is 3.11. The van der Waals surface area contributed by atoms with Crippen molar-refractivity contribution in [3.63, 3.8) is 0 Å². The first kappa shape index (κ1) is 24.6. The van der Waals surface area contributed by atoms with Crippen LogP contribution in [0.2, 0.25) is 0 Å². The van der Waals surface area contributed by atoms with Crippen LogP contribution in [0.15, 0.2) is 6.20 Å². The zero-order chi connectivity index (χ0) is 22.9. The van der Waals surface area contributed by atoms with Gasteiger partial charge in [-0.3, -0.25) is 25.6 Å². The Morgan fingerprint density at radius 2 is 2.10 bits per heavy atom. The molecule has 10 nitrogen and oxygen atoms in total. The van der Waals surface area contributed by atoms with Gasteiger partial charge in [0.25, 0.3) is 0 Å². The van der Waals surface area contributed by atoms with Gasteiger partial charge < -0.3 is 9.64 Å². The molecule has 0 spiro atoms. The quantitative estimate of drug-likeness (QED) is 0.203. The van der Waals surface area contributed by atoms with E-state index < -0.39 is 29.6 Å². The van der Waals surface area contributed by atoms with Crippen LogP contribution in [0.25, 0.3) is 0 Å². The number of nitrogens with zero attached hydrogens (tertiary/aromatic N) is 4. The molecule has 1 atom stereocenters. The van der Waals surface area contributed by atoms with Crippen molar-refractivity contribution in [2.24, 2.45) is 5.92 Å². The summed E-state index contributed by atoms with van der Waals surface area (Å²) in [5.74, 6) is -1.79. The molecule has 1 aromatic heterocycles. The monoisotopic (exact) mass is 448 g/mol. The van der Waals surface area contributed by atoms with Crippen LogP contribution in [-0.4, -0.2) is 65.4 Å². The Morgan fingerprint density at radius 3 is 2.71 bits per heavy atom. The van der Waals surface area contributed by atoms with E-state index in [9.17, 15) is 28.0 Å². The molecule has 2 heterocycles. The summed E-state index contributed by atoms with van der Waals surface area (Å²) in [6.45, 7) is 2.90. The molecule has 0 saturated carbocycles. The van der Waals surface area contributed by atoms with Crippen LogP contribution in [0.5, 0.6) is 0 Å². The van der Waals surface area contributed by atoms with Gasteiger partial charge in [0.15, 0.2) is 5.69 Å². The molecule has 0 unspecified atom stereocenters. The van der Waals surface area contributed by atoms with Crippen molar-refractivity contribution >= 4 is 24.0 Å². The lowest BCUT2D eigenvalue weighted by molar-refractivity contribution is -0.154. The van der Waals surface area contributed by atoms with Gasteiger partial charge in [-0.25, -0.2) is 15.0 Å². The van der Waals surface area contributed by atoms with Crippen molar-refractivity contribution in [3.8, 4) is 0 Å². The molecular formula is C18H27F3N6O4. The van der Waals surface area contributed by atoms with Gasteiger partial charge in [-0.05, 0) is 6.42 Å². The summed E-state index contributed by atoms with van der Waals surface area (Å²) in [5.41, 5.74) is 3.28. The predicted octanol–water partition coefficient (Wildman–Crippen LogP) is 1.82. The minimum atomic E-state index is -4.72.